The van der Waals surface area contributed by atoms with Crippen molar-refractivity contribution in [2.24, 2.45) is 10.8 Å². The van der Waals surface area contributed by atoms with Crippen LogP contribution < -0.4 is 16.7 Å². The van der Waals surface area contributed by atoms with Gasteiger partial charge in [0, 0.05) is 11.1 Å². The van der Waals surface area contributed by atoms with Crippen LogP contribution in [0.1, 0.15) is 12.5 Å². The fourth-order valence-corrected chi connectivity index (χ4v) is 2.68. The molecule has 1 heterocycles. The molecule has 2 aromatic carbocycles. The van der Waals surface area contributed by atoms with Gasteiger partial charge in [0.25, 0.3) is 5.56 Å². The molecule has 3 rings (SSSR count). The first-order valence-electron chi connectivity index (χ1n) is 7.53. The van der Waals surface area contributed by atoms with Gasteiger partial charge >= 0.3 is 6.03 Å². The van der Waals surface area contributed by atoms with E-state index in [-0.39, 0.29) is 17.0 Å². The van der Waals surface area contributed by atoms with Crippen molar-refractivity contribution in [3.63, 3.8) is 0 Å². The van der Waals surface area contributed by atoms with E-state index in [1.807, 2.05) is 18.2 Å². The van der Waals surface area contributed by atoms with Crippen molar-refractivity contribution in [3.05, 3.63) is 70.5 Å². The van der Waals surface area contributed by atoms with Crippen molar-refractivity contribution in [1.82, 2.24) is 9.99 Å². The molecular formula is C18H16N4O3. The zero-order valence-electron chi connectivity index (χ0n) is 13.4. The van der Waals surface area contributed by atoms with Gasteiger partial charge in [-0.3, -0.25) is 9.36 Å². The summed E-state index contributed by atoms with van der Waals surface area (Å²) in [6.07, 6.45) is 0. The predicted molar refractivity (Wildman–Crippen MR) is 96.1 cm³/mol. The number of fused-ring (bicyclic) bond motifs is 1. The Labute approximate surface area is 143 Å². The minimum atomic E-state index is -0.858. The van der Waals surface area contributed by atoms with Gasteiger partial charge in [-0.1, -0.05) is 30.3 Å². The highest BCUT2D eigenvalue weighted by Gasteiger charge is 2.19. The van der Waals surface area contributed by atoms with Crippen molar-refractivity contribution in [2.75, 3.05) is 0 Å². The van der Waals surface area contributed by atoms with Gasteiger partial charge in [-0.25, -0.2) is 10.2 Å². The normalized spacial score (nSPS) is 11.5. The summed E-state index contributed by atoms with van der Waals surface area (Å²) in [4.78, 5) is 23.9. The molecule has 0 saturated carbocycles. The van der Waals surface area contributed by atoms with Gasteiger partial charge in [0.05, 0.1) is 11.2 Å². The summed E-state index contributed by atoms with van der Waals surface area (Å²) in [7, 11) is 0. The Balaban J connectivity index is 2.38. The number of hydrazone groups is 1. The maximum Gasteiger partial charge on any atom is 0.332 e. The zero-order valence-corrected chi connectivity index (χ0v) is 13.4. The van der Waals surface area contributed by atoms with E-state index >= 15 is 0 Å². The van der Waals surface area contributed by atoms with E-state index < -0.39 is 11.6 Å². The number of hydrogen-bond acceptors (Lipinski definition) is 4. The number of nitrogens with two attached hydrogens (primary N) is 1. The number of primary amides is 1. The van der Waals surface area contributed by atoms with E-state index in [1.54, 1.807) is 36.4 Å². The highest BCUT2D eigenvalue weighted by Crippen LogP contribution is 2.28. The average Bonchev–Trinajstić information content (AvgIpc) is 2.61. The molecule has 3 aromatic rings. The molecule has 0 spiro atoms. The van der Waals surface area contributed by atoms with Crippen LogP contribution in [-0.4, -0.2) is 21.4 Å². The highest BCUT2D eigenvalue weighted by molar-refractivity contribution is 6.05. The lowest BCUT2D eigenvalue weighted by Gasteiger charge is -2.15. The van der Waals surface area contributed by atoms with Gasteiger partial charge in [0.2, 0.25) is 0 Å². The monoisotopic (exact) mass is 336 g/mol. The van der Waals surface area contributed by atoms with Gasteiger partial charge in [-0.15, -0.1) is 0 Å². The molecule has 0 unspecified atom stereocenters. The lowest BCUT2D eigenvalue weighted by molar-refractivity contribution is 0.249. The summed E-state index contributed by atoms with van der Waals surface area (Å²) in [5.74, 6) is -0.194. The standard InChI is InChI=1S/C18H16N4O3/c1-11(20-21-18(19)25)15-16(23)13-9-5-6-10-14(13)22(17(15)24)12-7-3-2-4-8-12/h2-10,23H,1H3,(H3,19,21,25)/b20-11-. The Hall–Kier alpha value is -3.61. The lowest BCUT2D eigenvalue weighted by atomic mass is 10.1. The highest BCUT2D eigenvalue weighted by atomic mass is 16.3. The number of hydrogen-bond donors (Lipinski definition) is 3. The molecule has 25 heavy (non-hydrogen) atoms. The summed E-state index contributed by atoms with van der Waals surface area (Å²) in [5.41, 5.74) is 7.99. The maximum atomic E-state index is 13.1. The van der Waals surface area contributed by atoms with E-state index in [9.17, 15) is 14.7 Å². The van der Waals surface area contributed by atoms with Crippen LogP contribution in [0.5, 0.6) is 5.75 Å². The third-order valence-corrected chi connectivity index (χ3v) is 3.76. The summed E-state index contributed by atoms with van der Waals surface area (Å²) < 4.78 is 1.49. The summed E-state index contributed by atoms with van der Waals surface area (Å²) in [6, 6.07) is 15.2. The largest absolute Gasteiger partial charge is 0.506 e. The second-order valence-corrected chi connectivity index (χ2v) is 5.39. The molecule has 0 aliphatic rings. The minimum Gasteiger partial charge on any atom is -0.506 e. The van der Waals surface area contributed by atoms with Crippen LogP contribution in [0, 0.1) is 0 Å². The van der Waals surface area contributed by atoms with Crippen molar-refractivity contribution in [1.29, 1.82) is 0 Å². The summed E-state index contributed by atoms with van der Waals surface area (Å²) in [6.45, 7) is 1.51. The molecule has 0 aliphatic heterocycles. The fourth-order valence-electron chi connectivity index (χ4n) is 2.68. The third-order valence-electron chi connectivity index (χ3n) is 3.76. The van der Waals surface area contributed by atoms with Gasteiger partial charge in [-0.2, -0.15) is 5.10 Å². The number of amides is 2. The van der Waals surface area contributed by atoms with Crippen LogP contribution in [-0.2, 0) is 0 Å². The number of rotatable bonds is 3. The van der Waals surface area contributed by atoms with Crippen LogP contribution in [0.15, 0.2) is 64.5 Å². The maximum absolute atomic E-state index is 13.1. The van der Waals surface area contributed by atoms with Gasteiger partial charge in [-0.05, 0) is 31.2 Å². The molecule has 4 N–H and O–H groups in total. The summed E-state index contributed by atoms with van der Waals surface area (Å²) >= 11 is 0. The van der Waals surface area contributed by atoms with Crippen molar-refractivity contribution >= 4 is 22.6 Å². The molecule has 7 heteroatoms. The Morgan fingerprint density at radius 1 is 1.12 bits per heavy atom. The quantitative estimate of drug-likeness (QED) is 0.503. The van der Waals surface area contributed by atoms with Crippen LogP contribution in [0.4, 0.5) is 4.79 Å². The van der Waals surface area contributed by atoms with E-state index in [1.165, 1.54) is 11.5 Å². The number of aromatic nitrogens is 1. The number of benzene rings is 2. The second kappa shape index (κ2) is 6.48. The minimum absolute atomic E-state index is 0.00342. The van der Waals surface area contributed by atoms with Crippen molar-refractivity contribution < 1.29 is 9.90 Å². The summed E-state index contributed by atoms with van der Waals surface area (Å²) in [5, 5.41) is 14.9. The number of nitrogens with one attached hydrogen (secondary N) is 1. The van der Waals surface area contributed by atoms with E-state index in [2.05, 4.69) is 10.5 Å². The van der Waals surface area contributed by atoms with Gasteiger partial charge in [0.1, 0.15) is 11.3 Å². The second-order valence-electron chi connectivity index (χ2n) is 5.39. The molecule has 0 atom stereocenters. The zero-order chi connectivity index (χ0) is 18.0. The van der Waals surface area contributed by atoms with Crippen LogP contribution in [0.2, 0.25) is 0 Å². The third kappa shape index (κ3) is 2.94. The van der Waals surface area contributed by atoms with Crippen LogP contribution >= 0.6 is 0 Å². The van der Waals surface area contributed by atoms with E-state index in [4.69, 9.17) is 5.73 Å². The Bertz CT molecular complexity index is 1040. The number of carbonyl (C=O) groups is 1. The van der Waals surface area contributed by atoms with Crippen LogP contribution in [0.3, 0.4) is 0 Å². The molecule has 0 aliphatic carbocycles. The molecule has 0 bridgehead atoms. The lowest BCUT2D eigenvalue weighted by Crippen LogP contribution is -2.29. The number of aromatic hydroxyl groups is 1. The first-order chi connectivity index (χ1) is 12.0. The van der Waals surface area contributed by atoms with Gasteiger partial charge in [0.15, 0.2) is 0 Å². The average molecular weight is 336 g/mol. The SMILES string of the molecule is C/C(=N/NC(N)=O)c1c(O)c2ccccc2n(-c2ccccc2)c1=O. The fraction of sp³-hybridized carbons (Fsp3) is 0.0556. The molecule has 7 nitrogen and oxygen atoms in total. The number of nitrogens with zero attached hydrogens (tertiary/aromatic N) is 2. The Kier molecular flexibility index (Phi) is 4.21. The molecular weight excluding hydrogens is 320 g/mol. The smallest absolute Gasteiger partial charge is 0.332 e. The van der Waals surface area contributed by atoms with E-state index in [0.717, 1.165) is 0 Å². The topological polar surface area (TPSA) is 110 Å². The number of pyridine rings is 1. The molecule has 126 valence electrons. The predicted octanol–water partition coefficient (Wildman–Crippen LogP) is 2.09. The molecule has 0 fully saturated rings. The number of para-hydroxylation sites is 2. The Morgan fingerprint density at radius 2 is 1.76 bits per heavy atom. The molecule has 1 aromatic heterocycles. The molecule has 0 radical (unpaired) electrons. The first-order valence-corrected chi connectivity index (χ1v) is 7.53. The number of urea groups is 1. The van der Waals surface area contributed by atoms with Crippen LogP contribution in [0.25, 0.3) is 16.6 Å². The Morgan fingerprint density at radius 3 is 2.44 bits per heavy atom. The van der Waals surface area contributed by atoms with E-state index in [0.29, 0.717) is 16.6 Å². The number of carbonyl (C=O) groups excluding carboxylic acids is 1. The van der Waals surface area contributed by atoms with Crippen molar-refractivity contribution in [2.45, 2.75) is 6.92 Å². The molecule has 2 amide bonds. The van der Waals surface area contributed by atoms with Gasteiger partial charge < -0.3 is 10.8 Å². The first kappa shape index (κ1) is 16.3. The molecule has 0 saturated heterocycles. The van der Waals surface area contributed by atoms with Crippen molar-refractivity contribution in [3.8, 4) is 11.4 Å².